The summed E-state index contributed by atoms with van der Waals surface area (Å²) in [5.74, 6) is -2.16. The van der Waals surface area contributed by atoms with Crippen molar-refractivity contribution in [2.24, 2.45) is 0 Å². The number of benzene rings is 1. The minimum Gasteiger partial charge on any atom is -0.380 e. The van der Waals surface area contributed by atoms with E-state index < -0.39 is 11.6 Å². The molecule has 0 fully saturated rings. The lowest BCUT2D eigenvalue weighted by atomic mass is 10.2. The van der Waals surface area contributed by atoms with Gasteiger partial charge in [-0.1, -0.05) is 0 Å². The number of hydrogen-bond donors (Lipinski definition) is 1. The van der Waals surface area contributed by atoms with Crippen LogP contribution in [0.4, 0.5) is 14.5 Å². The summed E-state index contributed by atoms with van der Waals surface area (Å²) in [5.41, 5.74) is -0.265. The zero-order valence-electron chi connectivity index (χ0n) is 9.76. The molecular formula is C12H14F2N2O. The van der Waals surface area contributed by atoms with Gasteiger partial charge in [-0.25, -0.2) is 8.78 Å². The second-order valence-corrected chi connectivity index (χ2v) is 3.55. The van der Waals surface area contributed by atoms with Crippen LogP contribution in [0, 0.1) is 23.0 Å². The van der Waals surface area contributed by atoms with Gasteiger partial charge in [0.25, 0.3) is 0 Å². The predicted molar refractivity (Wildman–Crippen MR) is 60.7 cm³/mol. The third-order valence-corrected chi connectivity index (χ3v) is 2.23. The fourth-order valence-corrected chi connectivity index (χ4v) is 1.37. The molecule has 1 rings (SSSR count). The normalized spacial score (nSPS) is 11.9. The molecule has 3 nitrogen and oxygen atoms in total. The summed E-state index contributed by atoms with van der Waals surface area (Å²) in [5, 5.41) is 11.3. The molecule has 1 aromatic carbocycles. The molecule has 1 N–H and O–H groups in total. The molecular weight excluding hydrogens is 226 g/mol. The SMILES string of the molecule is CCOC(C)CNc1ccc(C#N)c(F)c1F. The molecule has 1 atom stereocenters. The van der Waals surface area contributed by atoms with Crippen molar-refractivity contribution in [3.05, 3.63) is 29.3 Å². The van der Waals surface area contributed by atoms with E-state index in [1.54, 1.807) is 6.07 Å². The Hall–Kier alpha value is -1.67. The van der Waals surface area contributed by atoms with Crippen molar-refractivity contribution in [1.29, 1.82) is 5.26 Å². The van der Waals surface area contributed by atoms with Gasteiger partial charge in [-0.05, 0) is 26.0 Å². The number of nitriles is 1. The van der Waals surface area contributed by atoms with Crippen molar-refractivity contribution >= 4 is 5.69 Å². The van der Waals surface area contributed by atoms with E-state index in [2.05, 4.69) is 5.32 Å². The summed E-state index contributed by atoms with van der Waals surface area (Å²) in [6.45, 7) is 4.62. The highest BCUT2D eigenvalue weighted by Gasteiger charge is 2.13. The van der Waals surface area contributed by atoms with Gasteiger partial charge in [0.2, 0.25) is 0 Å². The van der Waals surface area contributed by atoms with E-state index in [1.165, 1.54) is 12.1 Å². The quantitative estimate of drug-likeness (QED) is 0.860. The molecule has 0 saturated heterocycles. The lowest BCUT2D eigenvalue weighted by Gasteiger charge is -2.14. The van der Waals surface area contributed by atoms with E-state index >= 15 is 0 Å². The van der Waals surface area contributed by atoms with Crippen molar-refractivity contribution in [1.82, 2.24) is 0 Å². The molecule has 0 aliphatic carbocycles. The number of nitrogens with zero attached hydrogens (tertiary/aromatic N) is 1. The minimum absolute atomic E-state index is 0.0352. The van der Waals surface area contributed by atoms with Gasteiger partial charge in [-0.3, -0.25) is 0 Å². The van der Waals surface area contributed by atoms with E-state index in [1.807, 2.05) is 13.8 Å². The molecule has 17 heavy (non-hydrogen) atoms. The van der Waals surface area contributed by atoms with Crippen LogP contribution in [0.25, 0.3) is 0 Å². The van der Waals surface area contributed by atoms with Gasteiger partial charge >= 0.3 is 0 Å². The Morgan fingerprint density at radius 3 is 2.71 bits per heavy atom. The summed E-state index contributed by atoms with van der Waals surface area (Å²) in [4.78, 5) is 0. The van der Waals surface area contributed by atoms with Crippen LogP contribution in [0.3, 0.4) is 0 Å². The fourth-order valence-electron chi connectivity index (χ4n) is 1.37. The maximum atomic E-state index is 13.5. The highest BCUT2D eigenvalue weighted by atomic mass is 19.2. The third kappa shape index (κ3) is 3.40. The zero-order valence-corrected chi connectivity index (χ0v) is 9.76. The Morgan fingerprint density at radius 1 is 1.41 bits per heavy atom. The Labute approximate surface area is 99.0 Å². The molecule has 0 spiro atoms. The van der Waals surface area contributed by atoms with E-state index in [0.29, 0.717) is 13.2 Å². The molecule has 0 aliphatic rings. The van der Waals surface area contributed by atoms with Crippen LogP contribution in [0.2, 0.25) is 0 Å². The largest absolute Gasteiger partial charge is 0.380 e. The Balaban J connectivity index is 2.73. The molecule has 0 radical (unpaired) electrons. The van der Waals surface area contributed by atoms with E-state index in [9.17, 15) is 8.78 Å². The monoisotopic (exact) mass is 240 g/mol. The van der Waals surface area contributed by atoms with Crippen LogP contribution in [0.15, 0.2) is 12.1 Å². The van der Waals surface area contributed by atoms with Gasteiger partial charge in [-0.2, -0.15) is 5.26 Å². The van der Waals surface area contributed by atoms with Crippen LogP contribution >= 0.6 is 0 Å². The van der Waals surface area contributed by atoms with Crippen molar-refractivity contribution in [2.75, 3.05) is 18.5 Å². The average molecular weight is 240 g/mol. The van der Waals surface area contributed by atoms with Crippen LogP contribution in [-0.2, 0) is 4.74 Å². The third-order valence-electron chi connectivity index (χ3n) is 2.23. The van der Waals surface area contributed by atoms with E-state index in [-0.39, 0.29) is 17.4 Å². The smallest absolute Gasteiger partial charge is 0.183 e. The second-order valence-electron chi connectivity index (χ2n) is 3.55. The van der Waals surface area contributed by atoms with Gasteiger partial charge in [0.1, 0.15) is 6.07 Å². The Bertz CT molecular complexity index is 429. The number of halogens is 2. The van der Waals surface area contributed by atoms with Crippen LogP contribution in [-0.4, -0.2) is 19.3 Å². The Kier molecular flexibility index (Phi) is 4.85. The molecule has 0 bridgehead atoms. The summed E-state index contributed by atoms with van der Waals surface area (Å²) in [6.07, 6.45) is -0.0990. The average Bonchev–Trinajstić information content (AvgIpc) is 2.31. The number of nitrogens with one attached hydrogen (secondary N) is 1. The van der Waals surface area contributed by atoms with Gasteiger partial charge in [0.15, 0.2) is 11.6 Å². The van der Waals surface area contributed by atoms with Crippen LogP contribution in [0.1, 0.15) is 19.4 Å². The molecule has 0 saturated carbocycles. The Morgan fingerprint density at radius 2 is 2.12 bits per heavy atom. The first-order valence-electron chi connectivity index (χ1n) is 5.33. The summed E-state index contributed by atoms with van der Waals surface area (Å²) < 4.78 is 32.0. The first-order valence-corrected chi connectivity index (χ1v) is 5.33. The van der Waals surface area contributed by atoms with E-state index in [0.717, 1.165) is 0 Å². The van der Waals surface area contributed by atoms with Gasteiger partial charge in [0.05, 0.1) is 17.4 Å². The maximum Gasteiger partial charge on any atom is 0.183 e. The molecule has 0 amide bonds. The predicted octanol–water partition coefficient (Wildman–Crippen LogP) is 2.67. The number of rotatable bonds is 5. The molecule has 1 unspecified atom stereocenters. The highest BCUT2D eigenvalue weighted by Crippen LogP contribution is 2.20. The van der Waals surface area contributed by atoms with E-state index in [4.69, 9.17) is 10.00 Å². The van der Waals surface area contributed by atoms with Crippen molar-refractivity contribution in [2.45, 2.75) is 20.0 Å². The molecule has 0 aromatic heterocycles. The summed E-state index contributed by atoms with van der Waals surface area (Å²) in [7, 11) is 0. The number of hydrogen-bond acceptors (Lipinski definition) is 3. The van der Waals surface area contributed by atoms with Crippen molar-refractivity contribution < 1.29 is 13.5 Å². The van der Waals surface area contributed by atoms with Crippen LogP contribution < -0.4 is 5.32 Å². The van der Waals surface area contributed by atoms with Crippen molar-refractivity contribution in [3.8, 4) is 6.07 Å². The fraction of sp³-hybridized carbons (Fsp3) is 0.417. The summed E-state index contributed by atoms with van der Waals surface area (Å²) >= 11 is 0. The lowest BCUT2D eigenvalue weighted by molar-refractivity contribution is 0.0855. The second kappa shape index (κ2) is 6.16. The number of anilines is 1. The highest BCUT2D eigenvalue weighted by molar-refractivity contribution is 5.49. The minimum atomic E-state index is -1.12. The molecule has 92 valence electrons. The molecule has 0 aliphatic heterocycles. The molecule has 1 aromatic rings. The molecule has 5 heteroatoms. The first-order chi connectivity index (χ1) is 8.10. The van der Waals surface area contributed by atoms with Gasteiger partial charge < -0.3 is 10.1 Å². The first kappa shape index (κ1) is 13.4. The van der Waals surface area contributed by atoms with Crippen molar-refractivity contribution in [3.63, 3.8) is 0 Å². The topological polar surface area (TPSA) is 45.0 Å². The maximum absolute atomic E-state index is 13.5. The number of ether oxygens (including phenoxy) is 1. The zero-order chi connectivity index (χ0) is 12.8. The van der Waals surface area contributed by atoms with Crippen LogP contribution in [0.5, 0.6) is 0 Å². The summed E-state index contributed by atoms with van der Waals surface area (Å²) in [6, 6.07) is 4.17. The van der Waals surface area contributed by atoms with Gasteiger partial charge in [0, 0.05) is 13.2 Å². The standard InChI is InChI=1S/C12H14F2N2O/c1-3-17-8(2)7-16-10-5-4-9(6-15)11(13)12(10)14/h4-5,8,16H,3,7H2,1-2H3. The molecule has 0 heterocycles. The van der Waals surface area contributed by atoms with Gasteiger partial charge in [-0.15, -0.1) is 0 Å². The lowest BCUT2D eigenvalue weighted by Crippen LogP contribution is -2.20.